The Balaban J connectivity index is 1.13. The van der Waals surface area contributed by atoms with Crippen molar-refractivity contribution in [2.24, 2.45) is 0 Å². The summed E-state index contributed by atoms with van der Waals surface area (Å²) in [6.07, 6.45) is 0. The monoisotopic (exact) mass is 817 g/mol. The Kier molecular flexibility index (Phi) is 9.05. The fourth-order valence-electron chi connectivity index (χ4n) is 10.3. The van der Waals surface area contributed by atoms with E-state index >= 15 is 0 Å². The highest BCUT2D eigenvalue weighted by Crippen LogP contribution is 2.58. The van der Waals surface area contributed by atoms with Crippen LogP contribution in [0.15, 0.2) is 261 Å². The van der Waals surface area contributed by atoms with Crippen LogP contribution in [-0.4, -0.2) is 4.57 Å². The Labute approximate surface area is 374 Å². The van der Waals surface area contributed by atoms with E-state index in [0.717, 1.165) is 39.8 Å². The first-order chi connectivity index (χ1) is 31.8. The normalized spacial score (nSPS) is 12.8. The molecule has 3 nitrogen and oxygen atoms in total. The number of hydrogen-bond acceptors (Lipinski definition) is 2. The lowest BCUT2D eigenvalue weighted by atomic mass is 9.62. The number of rotatable bonds is 8. The van der Waals surface area contributed by atoms with E-state index in [4.69, 9.17) is 0 Å². The Bertz CT molecular complexity index is 3380. The lowest BCUT2D eigenvalue weighted by molar-refractivity contribution is 0.731. The topological polar surface area (TPSA) is 11.4 Å². The number of anilines is 6. The highest BCUT2D eigenvalue weighted by Gasteiger charge is 2.46. The van der Waals surface area contributed by atoms with Crippen molar-refractivity contribution in [1.82, 2.24) is 4.57 Å². The van der Waals surface area contributed by atoms with Crippen LogP contribution in [-0.2, 0) is 5.41 Å². The number of hydrogen-bond donors (Lipinski definition) is 0. The number of benzene rings is 10. The van der Waals surface area contributed by atoms with E-state index in [-0.39, 0.29) is 0 Å². The summed E-state index contributed by atoms with van der Waals surface area (Å²) in [5, 5.41) is 2.42. The first-order valence-corrected chi connectivity index (χ1v) is 22.0. The van der Waals surface area contributed by atoms with Gasteiger partial charge >= 0.3 is 0 Å². The van der Waals surface area contributed by atoms with Gasteiger partial charge in [-0.3, -0.25) is 0 Å². The summed E-state index contributed by atoms with van der Waals surface area (Å²) in [6.45, 7) is 0. The zero-order chi connectivity index (χ0) is 42.5. The highest BCUT2D eigenvalue weighted by molar-refractivity contribution is 6.11. The third-order valence-electron chi connectivity index (χ3n) is 13.0. The van der Waals surface area contributed by atoms with Crippen molar-refractivity contribution >= 4 is 55.9 Å². The molecule has 11 aromatic rings. The average Bonchev–Trinajstić information content (AvgIpc) is 3.71. The molecule has 1 aliphatic rings. The fourth-order valence-corrected chi connectivity index (χ4v) is 10.3. The van der Waals surface area contributed by atoms with Crippen LogP contribution in [0.4, 0.5) is 34.1 Å². The zero-order valence-electron chi connectivity index (χ0n) is 35.2. The van der Waals surface area contributed by atoms with Gasteiger partial charge in [0.15, 0.2) is 0 Å². The van der Waals surface area contributed by atoms with Crippen molar-refractivity contribution in [3.05, 3.63) is 283 Å². The second-order valence-corrected chi connectivity index (χ2v) is 16.5. The Morgan fingerprint density at radius 3 is 1.48 bits per heavy atom. The van der Waals surface area contributed by atoms with Gasteiger partial charge < -0.3 is 14.4 Å². The van der Waals surface area contributed by atoms with Gasteiger partial charge in [0, 0.05) is 39.2 Å². The van der Waals surface area contributed by atoms with Crippen molar-refractivity contribution < 1.29 is 0 Å². The van der Waals surface area contributed by atoms with Crippen molar-refractivity contribution in [3.63, 3.8) is 0 Å². The summed E-state index contributed by atoms with van der Waals surface area (Å²) in [6, 6.07) is 95.1. The number of fused-ring (bicyclic) bond motifs is 5. The van der Waals surface area contributed by atoms with Crippen molar-refractivity contribution in [3.8, 4) is 16.8 Å². The molecule has 0 saturated carbocycles. The second-order valence-electron chi connectivity index (χ2n) is 16.5. The van der Waals surface area contributed by atoms with Crippen molar-refractivity contribution in [2.75, 3.05) is 9.80 Å². The van der Waals surface area contributed by atoms with Gasteiger partial charge in [-0.25, -0.2) is 0 Å². The van der Waals surface area contributed by atoms with E-state index in [0.29, 0.717) is 0 Å². The maximum atomic E-state index is 2.46. The van der Waals surface area contributed by atoms with Crippen LogP contribution in [0.5, 0.6) is 0 Å². The molecule has 10 aromatic carbocycles. The van der Waals surface area contributed by atoms with E-state index in [1.54, 1.807) is 0 Å². The molecule has 0 fully saturated rings. The molecule has 64 heavy (non-hydrogen) atoms. The molecule has 2 heterocycles. The molecule has 0 N–H and O–H groups in total. The Morgan fingerprint density at radius 1 is 0.312 bits per heavy atom. The lowest BCUT2D eigenvalue weighted by Crippen LogP contribution is -2.37. The number of aromatic nitrogens is 1. The third-order valence-corrected chi connectivity index (χ3v) is 13.0. The molecule has 0 atom stereocenters. The van der Waals surface area contributed by atoms with Gasteiger partial charge in [0.25, 0.3) is 0 Å². The van der Waals surface area contributed by atoms with Crippen LogP contribution in [0, 0.1) is 0 Å². The molecule has 302 valence electrons. The molecule has 1 aromatic heterocycles. The molecule has 0 amide bonds. The summed E-state index contributed by atoms with van der Waals surface area (Å²) in [5.74, 6) is 0. The van der Waals surface area contributed by atoms with Crippen LogP contribution in [0.25, 0.3) is 38.6 Å². The minimum atomic E-state index is -0.599. The van der Waals surface area contributed by atoms with Gasteiger partial charge in [0.05, 0.1) is 27.8 Å². The highest BCUT2D eigenvalue weighted by atomic mass is 15.2. The van der Waals surface area contributed by atoms with Crippen LogP contribution < -0.4 is 9.80 Å². The smallest absolute Gasteiger partial charge is 0.0742 e. The van der Waals surface area contributed by atoms with Gasteiger partial charge in [0.1, 0.15) is 0 Å². The Hall–Kier alpha value is -8.40. The van der Waals surface area contributed by atoms with Gasteiger partial charge in [-0.2, -0.15) is 0 Å². The summed E-state index contributed by atoms with van der Waals surface area (Å²) in [4.78, 5) is 4.89. The summed E-state index contributed by atoms with van der Waals surface area (Å²) >= 11 is 0. The first kappa shape index (κ1) is 37.4. The molecule has 3 heteroatoms. The van der Waals surface area contributed by atoms with Gasteiger partial charge in [-0.1, -0.05) is 182 Å². The quantitative estimate of drug-likeness (QED) is 0.151. The minimum absolute atomic E-state index is 0.599. The van der Waals surface area contributed by atoms with Crippen LogP contribution in [0.3, 0.4) is 0 Å². The molecule has 12 rings (SSSR count). The molecular weight excluding hydrogens is 775 g/mol. The third kappa shape index (κ3) is 5.97. The summed E-state index contributed by atoms with van der Waals surface area (Å²) in [5.41, 5.74) is 16.8. The number of para-hydroxylation sites is 4. The molecule has 0 unspecified atom stereocenters. The van der Waals surface area contributed by atoms with Crippen LogP contribution >= 0.6 is 0 Å². The maximum Gasteiger partial charge on any atom is 0.0742 e. The predicted molar refractivity (Wildman–Crippen MR) is 267 cm³/mol. The molecule has 1 aliphatic heterocycles. The zero-order valence-corrected chi connectivity index (χ0v) is 35.2. The predicted octanol–water partition coefficient (Wildman–Crippen LogP) is 16.1. The standard InChI is InChI=1S/C61H43N3/c1-6-20-44(21-7-1)45-34-36-50(37-35-45)62(51-39-41-58-54(42-51)53-30-16-18-32-57(53)63(58)48-26-12-4-13-27-48)52-38-40-56-60(43-52)64(49-28-14-5-15-29-49)59-33-19-17-31-55(59)61(56,46-22-8-2-9-23-46)47-24-10-3-11-25-47/h1-43H. The van der Waals surface area contributed by atoms with E-state index in [9.17, 15) is 0 Å². The fraction of sp³-hybridized carbons (Fsp3) is 0.0164. The molecule has 0 radical (unpaired) electrons. The van der Waals surface area contributed by atoms with E-state index in [1.807, 2.05) is 0 Å². The van der Waals surface area contributed by atoms with E-state index < -0.39 is 5.41 Å². The first-order valence-electron chi connectivity index (χ1n) is 22.0. The van der Waals surface area contributed by atoms with Crippen LogP contribution in [0.2, 0.25) is 0 Å². The maximum absolute atomic E-state index is 2.46. The second kappa shape index (κ2) is 15.5. The molecule has 0 saturated heterocycles. The molecular formula is C61H43N3. The molecule has 0 bridgehead atoms. The molecule has 0 spiro atoms. The number of nitrogens with zero attached hydrogens (tertiary/aromatic N) is 3. The minimum Gasteiger partial charge on any atom is -0.310 e. The SMILES string of the molecule is c1ccc(-c2ccc(N(c3ccc4c(c3)N(c3ccccc3)c3ccccc3C4(c3ccccc3)c3ccccc3)c3ccc4c(c3)c3ccccc3n4-c3ccccc3)cc2)cc1. The van der Waals surface area contributed by atoms with E-state index in [1.165, 1.54) is 55.2 Å². The summed E-state index contributed by atoms with van der Waals surface area (Å²) < 4.78 is 2.38. The van der Waals surface area contributed by atoms with Crippen LogP contribution in [0.1, 0.15) is 22.3 Å². The van der Waals surface area contributed by atoms with Crippen molar-refractivity contribution in [1.29, 1.82) is 0 Å². The average molecular weight is 818 g/mol. The summed E-state index contributed by atoms with van der Waals surface area (Å²) in [7, 11) is 0. The largest absolute Gasteiger partial charge is 0.310 e. The van der Waals surface area contributed by atoms with Gasteiger partial charge in [-0.15, -0.1) is 0 Å². The molecule has 0 aliphatic carbocycles. The Morgan fingerprint density at radius 2 is 0.797 bits per heavy atom. The lowest BCUT2D eigenvalue weighted by Gasteiger charge is -2.47. The van der Waals surface area contributed by atoms with E-state index in [2.05, 4.69) is 275 Å². The van der Waals surface area contributed by atoms with Gasteiger partial charge in [-0.05, 0) is 112 Å². The van der Waals surface area contributed by atoms with Gasteiger partial charge in [0.2, 0.25) is 0 Å². The van der Waals surface area contributed by atoms with Crippen molar-refractivity contribution in [2.45, 2.75) is 5.41 Å².